The van der Waals surface area contributed by atoms with E-state index in [-0.39, 0.29) is 0 Å². The van der Waals surface area contributed by atoms with E-state index in [1.165, 1.54) is 11.3 Å². The first kappa shape index (κ1) is 19.7. The fourth-order valence-electron chi connectivity index (χ4n) is 4.84. The van der Waals surface area contributed by atoms with E-state index in [1.807, 2.05) is 18.0 Å². The van der Waals surface area contributed by atoms with E-state index in [0.717, 1.165) is 60.5 Å². The predicted octanol–water partition coefficient (Wildman–Crippen LogP) is 4.46. The number of nitrogens with two attached hydrogens (primary N) is 1. The molecule has 0 radical (unpaired) electrons. The molecule has 1 aromatic carbocycles. The number of hydrogen-bond acceptors (Lipinski definition) is 5. The molecule has 6 nitrogen and oxygen atoms in total. The van der Waals surface area contributed by atoms with Crippen LogP contribution in [0, 0.1) is 0 Å². The molecule has 0 amide bonds. The molecule has 0 fully saturated rings. The minimum atomic E-state index is 0.391. The summed E-state index contributed by atoms with van der Waals surface area (Å²) >= 11 is 0. The minimum absolute atomic E-state index is 0.391. The number of hydrogen-bond donors (Lipinski definition) is 1. The molecule has 2 aliphatic rings. The maximum atomic E-state index is 6.39. The lowest BCUT2D eigenvalue weighted by Crippen LogP contribution is -2.35. The van der Waals surface area contributed by atoms with Crippen LogP contribution in [-0.4, -0.2) is 34.6 Å². The van der Waals surface area contributed by atoms with Crippen LogP contribution in [0.25, 0.3) is 11.3 Å². The Labute approximate surface area is 184 Å². The van der Waals surface area contributed by atoms with Crippen LogP contribution in [0.15, 0.2) is 61.1 Å². The van der Waals surface area contributed by atoms with Gasteiger partial charge in [0.25, 0.3) is 0 Å². The van der Waals surface area contributed by atoms with Crippen molar-refractivity contribution in [2.75, 3.05) is 35.7 Å². The number of pyridine rings is 1. The highest BCUT2D eigenvalue weighted by Gasteiger charge is 2.28. The first-order valence-electron chi connectivity index (χ1n) is 11.0. The molecule has 1 unspecified atom stereocenters. The van der Waals surface area contributed by atoms with Crippen LogP contribution in [0.3, 0.4) is 0 Å². The Morgan fingerprint density at radius 3 is 2.81 bits per heavy atom. The second kappa shape index (κ2) is 7.46. The zero-order valence-corrected chi connectivity index (χ0v) is 18.5. The minimum Gasteiger partial charge on any atom is -0.398 e. The number of anilines is 3. The Morgan fingerprint density at radius 2 is 2.00 bits per heavy atom. The van der Waals surface area contributed by atoms with Gasteiger partial charge in [-0.1, -0.05) is 12.6 Å². The Balaban J connectivity index is 1.45. The molecule has 1 atom stereocenters. The standard InChI is InChI=1S/C25H30N6/c1-5-31-18(3)28(4)25-24(31)11-10-22(27-25)20-15-19(8-9-21(20)26)16-30-14-13-29-12-6-7-23(29)17(30)2/h6-12,15,17H,3,5,13-14,16,26H2,1-2,4H3. The van der Waals surface area contributed by atoms with Gasteiger partial charge in [-0.2, -0.15) is 0 Å². The molecule has 0 saturated heterocycles. The molecule has 31 heavy (non-hydrogen) atoms. The molecule has 0 aliphatic carbocycles. The summed E-state index contributed by atoms with van der Waals surface area (Å²) in [5.74, 6) is 1.88. The van der Waals surface area contributed by atoms with E-state index in [9.17, 15) is 0 Å². The lowest BCUT2D eigenvalue weighted by Gasteiger charge is -2.35. The maximum Gasteiger partial charge on any atom is 0.158 e. The Kier molecular flexibility index (Phi) is 4.74. The molecule has 160 valence electrons. The van der Waals surface area contributed by atoms with E-state index < -0.39 is 0 Å². The fourth-order valence-corrected chi connectivity index (χ4v) is 4.84. The molecule has 5 rings (SSSR count). The van der Waals surface area contributed by atoms with Crippen LogP contribution in [-0.2, 0) is 13.1 Å². The lowest BCUT2D eigenvalue weighted by atomic mass is 10.0. The van der Waals surface area contributed by atoms with Crippen molar-refractivity contribution in [1.82, 2.24) is 14.5 Å². The van der Waals surface area contributed by atoms with Crippen LogP contribution in [0.5, 0.6) is 0 Å². The summed E-state index contributed by atoms with van der Waals surface area (Å²) < 4.78 is 2.36. The Morgan fingerprint density at radius 1 is 1.16 bits per heavy atom. The first-order chi connectivity index (χ1) is 15.0. The molecular formula is C25H30N6. The number of nitrogens with zero attached hydrogens (tertiary/aromatic N) is 5. The Hall–Kier alpha value is -3.25. The molecule has 2 N–H and O–H groups in total. The normalized spacial score (nSPS) is 18.4. The third-order valence-corrected chi connectivity index (χ3v) is 6.73. The van der Waals surface area contributed by atoms with Crippen LogP contribution in [0.4, 0.5) is 17.2 Å². The van der Waals surface area contributed by atoms with E-state index in [4.69, 9.17) is 10.7 Å². The van der Waals surface area contributed by atoms with Crippen molar-refractivity contribution in [3.63, 3.8) is 0 Å². The van der Waals surface area contributed by atoms with Crippen molar-refractivity contribution >= 4 is 17.2 Å². The zero-order valence-electron chi connectivity index (χ0n) is 18.5. The van der Waals surface area contributed by atoms with Crippen LogP contribution in [0.2, 0.25) is 0 Å². The SMILES string of the molecule is C=C1N(C)c2nc(-c3cc(CN4CCn5cccc5C4C)ccc3N)ccc2N1CC. The highest BCUT2D eigenvalue weighted by Crippen LogP contribution is 2.40. The average molecular weight is 415 g/mol. The number of rotatable bonds is 4. The topological polar surface area (TPSA) is 53.6 Å². The summed E-state index contributed by atoms with van der Waals surface area (Å²) in [4.78, 5) is 11.7. The van der Waals surface area contributed by atoms with Gasteiger partial charge in [-0.25, -0.2) is 4.98 Å². The van der Waals surface area contributed by atoms with Gasteiger partial charge in [-0.3, -0.25) is 4.90 Å². The fraction of sp³-hybridized carbons (Fsp3) is 0.320. The van der Waals surface area contributed by atoms with Crippen LogP contribution < -0.4 is 15.5 Å². The van der Waals surface area contributed by atoms with Gasteiger partial charge in [0.2, 0.25) is 0 Å². The van der Waals surface area contributed by atoms with E-state index in [2.05, 4.69) is 77.4 Å². The summed E-state index contributed by atoms with van der Waals surface area (Å²) in [7, 11) is 2.01. The number of benzene rings is 1. The van der Waals surface area contributed by atoms with Crippen LogP contribution in [0.1, 0.15) is 31.1 Å². The predicted molar refractivity (Wildman–Crippen MR) is 128 cm³/mol. The van der Waals surface area contributed by atoms with Gasteiger partial charge >= 0.3 is 0 Å². The van der Waals surface area contributed by atoms with Gasteiger partial charge in [0.15, 0.2) is 5.82 Å². The van der Waals surface area contributed by atoms with Crippen molar-refractivity contribution in [1.29, 1.82) is 0 Å². The van der Waals surface area contributed by atoms with Gasteiger partial charge in [-0.05, 0) is 55.8 Å². The van der Waals surface area contributed by atoms with Crippen molar-refractivity contribution in [3.05, 3.63) is 72.3 Å². The monoisotopic (exact) mass is 414 g/mol. The third-order valence-electron chi connectivity index (χ3n) is 6.73. The smallest absolute Gasteiger partial charge is 0.158 e. The summed E-state index contributed by atoms with van der Waals surface area (Å²) in [6, 6.07) is 15.3. The molecule has 4 heterocycles. The van der Waals surface area contributed by atoms with Crippen molar-refractivity contribution in [3.8, 4) is 11.3 Å². The van der Waals surface area contributed by atoms with Crippen molar-refractivity contribution in [2.24, 2.45) is 0 Å². The summed E-state index contributed by atoms with van der Waals surface area (Å²) in [6.45, 7) is 12.4. The van der Waals surface area contributed by atoms with E-state index in [0.29, 0.717) is 6.04 Å². The summed E-state index contributed by atoms with van der Waals surface area (Å²) in [5, 5.41) is 0. The highest BCUT2D eigenvalue weighted by molar-refractivity contribution is 5.83. The molecule has 6 heteroatoms. The Bertz CT molecular complexity index is 1150. The maximum absolute atomic E-state index is 6.39. The van der Waals surface area contributed by atoms with Gasteiger partial charge in [-0.15, -0.1) is 0 Å². The van der Waals surface area contributed by atoms with Crippen molar-refractivity contribution < 1.29 is 0 Å². The quantitative estimate of drug-likeness (QED) is 0.639. The summed E-state index contributed by atoms with van der Waals surface area (Å²) in [6.07, 6.45) is 2.18. The second-order valence-electron chi connectivity index (χ2n) is 8.45. The molecule has 3 aromatic rings. The first-order valence-corrected chi connectivity index (χ1v) is 11.0. The molecule has 2 aromatic heterocycles. The second-order valence-corrected chi connectivity index (χ2v) is 8.45. The molecule has 0 spiro atoms. The highest BCUT2D eigenvalue weighted by atomic mass is 15.4. The van der Waals surface area contributed by atoms with Gasteiger partial charge < -0.3 is 20.1 Å². The van der Waals surface area contributed by atoms with Crippen LogP contribution >= 0.6 is 0 Å². The van der Waals surface area contributed by atoms with Gasteiger partial charge in [0.1, 0.15) is 5.82 Å². The third kappa shape index (κ3) is 3.18. The van der Waals surface area contributed by atoms with Gasteiger partial charge in [0.05, 0.1) is 11.4 Å². The largest absolute Gasteiger partial charge is 0.398 e. The van der Waals surface area contributed by atoms with Gasteiger partial charge in [0, 0.05) is 62.4 Å². The summed E-state index contributed by atoms with van der Waals surface area (Å²) in [5.41, 5.74) is 12.8. The molecule has 2 aliphatic heterocycles. The van der Waals surface area contributed by atoms with Crippen molar-refractivity contribution in [2.45, 2.75) is 33.0 Å². The lowest BCUT2D eigenvalue weighted by molar-refractivity contribution is 0.161. The molecule has 0 bridgehead atoms. The average Bonchev–Trinajstić information content (AvgIpc) is 3.35. The number of aromatic nitrogens is 2. The molecular weight excluding hydrogens is 384 g/mol. The van der Waals surface area contributed by atoms with E-state index in [1.54, 1.807) is 0 Å². The van der Waals surface area contributed by atoms with E-state index >= 15 is 0 Å². The number of nitrogen functional groups attached to an aromatic ring is 1. The zero-order chi connectivity index (χ0) is 21.7. The number of fused-ring (bicyclic) bond motifs is 2. The molecule has 0 saturated carbocycles.